The highest BCUT2D eigenvalue weighted by Gasteiger charge is 2.27. The first-order valence-corrected chi connectivity index (χ1v) is 10.0. The molecule has 1 unspecified atom stereocenters. The number of carbonyl (C=O) groups excluding carboxylic acids is 2. The van der Waals surface area contributed by atoms with Gasteiger partial charge in [0.1, 0.15) is 17.5 Å². The summed E-state index contributed by atoms with van der Waals surface area (Å²) in [6.45, 7) is 12.3. The third-order valence-electron chi connectivity index (χ3n) is 3.18. The first-order chi connectivity index (χ1) is 13.3. The Balaban J connectivity index is 3.44. The van der Waals surface area contributed by atoms with E-state index in [0.717, 1.165) is 0 Å². The van der Waals surface area contributed by atoms with Crippen molar-refractivity contribution in [1.29, 1.82) is 0 Å². The van der Waals surface area contributed by atoms with E-state index in [4.69, 9.17) is 28.4 Å². The molecule has 0 bridgehead atoms. The van der Waals surface area contributed by atoms with Gasteiger partial charge >= 0.3 is 11.9 Å². The molecule has 9 heteroatoms. The summed E-state index contributed by atoms with van der Waals surface area (Å²) < 4.78 is 30.5. The number of halogens is 1. The summed E-state index contributed by atoms with van der Waals surface area (Å²) in [7, 11) is 0. The van der Waals surface area contributed by atoms with Crippen LogP contribution in [0.2, 0.25) is 0 Å². The molecule has 0 aromatic heterocycles. The van der Waals surface area contributed by atoms with Crippen LogP contribution in [-0.4, -0.2) is 82.3 Å². The highest BCUT2D eigenvalue weighted by molar-refractivity contribution is 9.10. The highest BCUT2D eigenvalue weighted by atomic mass is 79.9. The smallest absolute Gasteiger partial charge is 0.322 e. The molecular weight excluding hydrogens is 436 g/mol. The number of hydrogen-bond donors (Lipinski definition) is 0. The van der Waals surface area contributed by atoms with Gasteiger partial charge in [-0.05, 0) is 20.8 Å². The fraction of sp³-hybridized carbons (Fsp3) is 0.789. The standard InChI is InChI=1S/C19H33BrO8/c1-5-6-23-7-8-24-9-10-25-11-12-26-13-14-27-17(21)16(2)15-28-18(22)19(3,4)20/h5,16H,1,6-15H2,2-4H3. The van der Waals surface area contributed by atoms with Crippen LogP contribution in [0.5, 0.6) is 0 Å². The lowest BCUT2D eigenvalue weighted by atomic mass is 10.2. The van der Waals surface area contributed by atoms with Crippen LogP contribution in [0.4, 0.5) is 0 Å². The SMILES string of the molecule is C=CCOCCOCCOCCOCCOC(=O)C(C)COC(=O)C(C)(C)Br. The van der Waals surface area contributed by atoms with E-state index in [1.807, 2.05) is 0 Å². The third-order valence-corrected chi connectivity index (χ3v) is 3.50. The van der Waals surface area contributed by atoms with Crippen molar-refractivity contribution >= 4 is 27.9 Å². The second-order valence-electron chi connectivity index (χ2n) is 6.34. The minimum atomic E-state index is -0.779. The maximum Gasteiger partial charge on any atom is 0.322 e. The molecule has 0 saturated carbocycles. The van der Waals surface area contributed by atoms with Gasteiger partial charge < -0.3 is 28.4 Å². The van der Waals surface area contributed by atoms with E-state index in [1.165, 1.54) is 0 Å². The zero-order valence-corrected chi connectivity index (χ0v) is 18.7. The van der Waals surface area contributed by atoms with E-state index in [2.05, 4.69) is 22.5 Å². The average molecular weight is 469 g/mol. The normalized spacial score (nSPS) is 12.4. The third kappa shape index (κ3) is 16.0. The predicted octanol–water partition coefficient (Wildman–Crippen LogP) is 2.13. The second-order valence-corrected chi connectivity index (χ2v) is 8.32. The molecule has 0 amide bonds. The molecular formula is C19H33BrO8. The van der Waals surface area contributed by atoms with Gasteiger partial charge in [0.2, 0.25) is 0 Å². The highest BCUT2D eigenvalue weighted by Crippen LogP contribution is 2.18. The zero-order chi connectivity index (χ0) is 21.3. The van der Waals surface area contributed by atoms with Crippen LogP contribution in [-0.2, 0) is 38.0 Å². The van der Waals surface area contributed by atoms with Gasteiger partial charge in [-0.25, -0.2) is 0 Å². The van der Waals surface area contributed by atoms with E-state index < -0.39 is 22.2 Å². The molecule has 0 aromatic rings. The van der Waals surface area contributed by atoms with Crippen LogP contribution < -0.4 is 0 Å². The second kappa shape index (κ2) is 16.9. The Kier molecular flexibility index (Phi) is 16.3. The first-order valence-electron chi connectivity index (χ1n) is 9.23. The van der Waals surface area contributed by atoms with Crippen molar-refractivity contribution in [3.63, 3.8) is 0 Å². The van der Waals surface area contributed by atoms with Crippen molar-refractivity contribution in [2.45, 2.75) is 25.1 Å². The zero-order valence-electron chi connectivity index (χ0n) is 17.1. The van der Waals surface area contributed by atoms with Crippen LogP contribution >= 0.6 is 15.9 Å². The Hall–Kier alpha value is -1.000. The molecule has 0 N–H and O–H groups in total. The lowest BCUT2D eigenvalue weighted by molar-refractivity contribution is -0.156. The number of alkyl halides is 1. The van der Waals surface area contributed by atoms with Crippen LogP contribution in [0.3, 0.4) is 0 Å². The van der Waals surface area contributed by atoms with Gasteiger partial charge in [-0.2, -0.15) is 0 Å². The largest absolute Gasteiger partial charge is 0.464 e. The van der Waals surface area contributed by atoms with E-state index in [0.29, 0.717) is 46.2 Å². The van der Waals surface area contributed by atoms with Crippen molar-refractivity contribution in [3.8, 4) is 0 Å². The van der Waals surface area contributed by atoms with Gasteiger partial charge in [-0.15, -0.1) is 6.58 Å². The lowest BCUT2D eigenvalue weighted by Crippen LogP contribution is -2.30. The number of carbonyl (C=O) groups is 2. The van der Waals surface area contributed by atoms with Gasteiger partial charge in [-0.1, -0.05) is 22.0 Å². The summed E-state index contributed by atoms with van der Waals surface area (Å²) in [6, 6.07) is 0. The molecule has 0 aliphatic rings. The lowest BCUT2D eigenvalue weighted by Gasteiger charge is -2.17. The number of ether oxygens (including phenoxy) is 6. The maximum atomic E-state index is 11.8. The summed E-state index contributed by atoms with van der Waals surface area (Å²) in [6.07, 6.45) is 1.69. The van der Waals surface area contributed by atoms with Crippen molar-refractivity contribution in [3.05, 3.63) is 12.7 Å². The van der Waals surface area contributed by atoms with Crippen molar-refractivity contribution in [2.24, 2.45) is 5.92 Å². The maximum absolute atomic E-state index is 11.8. The molecule has 0 fully saturated rings. The Morgan fingerprint density at radius 3 is 1.82 bits per heavy atom. The van der Waals surface area contributed by atoms with Gasteiger partial charge in [-0.3, -0.25) is 9.59 Å². The van der Waals surface area contributed by atoms with Gasteiger partial charge in [0.05, 0.1) is 58.8 Å². The predicted molar refractivity (Wildman–Crippen MR) is 108 cm³/mol. The summed E-state index contributed by atoms with van der Waals surface area (Å²) >= 11 is 3.20. The molecule has 8 nitrogen and oxygen atoms in total. The first kappa shape index (κ1) is 27.0. The van der Waals surface area contributed by atoms with Crippen LogP contribution in [0, 0.1) is 5.92 Å². The molecule has 1 atom stereocenters. The Morgan fingerprint density at radius 2 is 1.36 bits per heavy atom. The van der Waals surface area contributed by atoms with Crippen molar-refractivity contribution in [2.75, 3.05) is 66.1 Å². The average Bonchev–Trinajstić information content (AvgIpc) is 2.65. The molecule has 0 heterocycles. The van der Waals surface area contributed by atoms with Crippen LogP contribution in [0.1, 0.15) is 20.8 Å². The topological polar surface area (TPSA) is 89.5 Å². The summed E-state index contributed by atoms with van der Waals surface area (Å²) in [5.74, 6) is -1.40. The summed E-state index contributed by atoms with van der Waals surface area (Å²) in [5.41, 5.74) is 0. The van der Waals surface area contributed by atoms with Crippen LogP contribution in [0.25, 0.3) is 0 Å². The van der Waals surface area contributed by atoms with Gasteiger partial charge in [0, 0.05) is 0 Å². The molecule has 0 spiro atoms. The minimum absolute atomic E-state index is 0.0240. The Bertz CT molecular complexity index is 436. The Morgan fingerprint density at radius 1 is 0.893 bits per heavy atom. The van der Waals surface area contributed by atoms with Gasteiger partial charge in [0.25, 0.3) is 0 Å². The molecule has 0 aliphatic carbocycles. The minimum Gasteiger partial charge on any atom is -0.464 e. The van der Waals surface area contributed by atoms with Gasteiger partial charge in [0.15, 0.2) is 0 Å². The number of esters is 2. The molecule has 164 valence electrons. The molecule has 0 saturated heterocycles. The summed E-state index contributed by atoms with van der Waals surface area (Å²) in [5, 5.41) is 0. The number of hydrogen-bond acceptors (Lipinski definition) is 8. The van der Waals surface area contributed by atoms with Crippen LogP contribution in [0.15, 0.2) is 12.7 Å². The molecule has 0 aliphatic heterocycles. The number of rotatable bonds is 18. The van der Waals surface area contributed by atoms with E-state index >= 15 is 0 Å². The Labute approximate surface area is 175 Å². The van der Waals surface area contributed by atoms with Crippen molar-refractivity contribution < 1.29 is 38.0 Å². The quantitative estimate of drug-likeness (QED) is 0.131. The van der Waals surface area contributed by atoms with E-state index in [1.54, 1.807) is 26.8 Å². The monoisotopic (exact) mass is 468 g/mol. The summed E-state index contributed by atoms with van der Waals surface area (Å²) in [4.78, 5) is 23.4. The molecule has 0 aromatic carbocycles. The molecule has 28 heavy (non-hydrogen) atoms. The fourth-order valence-corrected chi connectivity index (χ4v) is 1.72. The van der Waals surface area contributed by atoms with E-state index in [-0.39, 0.29) is 19.8 Å². The molecule has 0 radical (unpaired) electrons. The van der Waals surface area contributed by atoms with E-state index in [9.17, 15) is 9.59 Å². The molecule has 0 rings (SSSR count). The van der Waals surface area contributed by atoms with Crippen molar-refractivity contribution in [1.82, 2.24) is 0 Å². The fourth-order valence-electron chi connectivity index (χ4n) is 1.61.